The normalized spacial score (nSPS) is 19.1. The van der Waals surface area contributed by atoms with Gasteiger partial charge in [0.05, 0.1) is 0 Å². The van der Waals surface area contributed by atoms with Crippen molar-refractivity contribution in [3.05, 3.63) is 12.3 Å². The molecular formula is C13H20N4. The van der Waals surface area contributed by atoms with Crippen LogP contribution < -0.4 is 10.2 Å². The largest absolute Gasteiger partial charge is 0.354 e. The molecule has 92 valence electrons. The van der Waals surface area contributed by atoms with Gasteiger partial charge in [-0.05, 0) is 44.6 Å². The fraction of sp³-hybridized carbons (Fsp3) is 0.692. The summed E-state index contributed by atoms with van der Waals surface area (Å²) >= 11 is 0. The van der Waals surface area contributed by atoms with E-state index in [4.69, 9.17) is 0 Å². The highest BCUT2D eigenvalue weighted by atomic mass is 15.3. The maximum atomic E-state index is 4.61. The molecule has 0 atom stereocenters. The summed E-state index contributed by atoms with van der Waals surface area (Å²) < 4.78 is 0. The summed E-state index contributed by atoms with van der Waals surface area (Å²) in [5, 5.41) is 3.18. The van der Waals surface area contributed by atoms with E-state index in [9.17, 15) is 0 Å². The van der Waals surface area contributed by atoms with Crippen molar-refractivity contribution in [2.45, 2.75) is 38.6 Å². The van der Waals surface area contributed by atoms with E-state index >= 15 is 0 Å². The summed E-state index contributed by atoms with van der Waals surface area (Å²) in [6.07, 6.45) is 7.31. The molecule has 0 amide bonds. The molecule has 4 nitrogen and oxygen atoms in total. The van der Waals surface area contributed by atoms with Crippen molar-refractivity contribution in [2.24, 2.45) is 5.92 Å². The molecular weight excluding hydrogens is 212 g/mol. The zero-order valence-corrected chi connectivity index (χ0v) is 10.4. The predicted octanol–water partition coefficient (Wildman–Crippen LogP) is 2.29. The van der Waals surface area contributed by atoms with Crippen LogP contribution >= 0.6 is 0 Å². The van der Waals surface area contributed by atoms with Crippen molar-refractivity contribution in [2.75, 3.05) is 23.3 Å². The molecule has 0 aliphatic heterocycles. The fourth-order valence-corrected chi connectivity index (χ4v) is 2.15. The third-order valence-corrected chi connectivity index (χ3v) is 3.41. The molecule has 2 aliphatic rings. The first kappa shape index (κ1) is 10.8. The SMILES string of the molecule is CCNc1nccc(N(CC2CC2)C2CC2)n1. The Morgan fingerprint density at radius 3 is 2.82 bits per heavy atom. The lowest BCUT2D eigenvalue weighted by molar-refractivity contribution is 0.708. The number of hydrogen-bond donors (Lipinski definition) is 1. The van der Waals surface area contributed by atoms with Gasteiger partial charge in [0.1, 0.15) is 5.82 Å². The first-order valence-corrected chi connectivity index (χ1v) is 6.70. The van der Waals surface area contributed by atoms with Crippen LogP contribution in [0, 0.1) is 5.92 Å². The maximum Gasteiger partial charge on any atom is 0.224 e. The van der Waals surface area contributed by atoms with Crippen molar-refractivity contribution in [1.82, 2.24) is 9.97 Å². The monoisotopic (exact) mass is 232 g/mol. The molecule has 0 bridgehead atoms. The van der Waals surface area contributed by atoms with Crippen molar-refractivity contribution in [1.29, 1.82) is 0 Å². The average Bonchev–Trinajstić information content (AvgIpc) is 3.20. The molecule has 0 radical (unpaired) electrons. The van der Waals surface area contributed by atoms with Gasteiger partial charge in [0.15, 0.2) is 0 Å². The zero-order valence-electron chi connectivity index (χ0n) is 10.4. The standard InChI is InChI=1S/C13H20N4/c1-2-14-13-15-8-7-12(16-13)17(11-5-6-11)9-10-3-4-10/h7-8,10-11H,2-6,9H2,1H3,(H,14,15,16). The number of nitrogens with one attached hydrogen (secondary N) is 1. The molecule has 0 aromatic carbocycles. The first-order chi connectivity index (χ1) is 8.36. The fourth-order valence-electron chi connectivity index (χ4n) is 2.15. The van der Waals surface area contributed by atoms with Crippen LogP contribution in [0.3, 0.4) is 0 Å². The molecule has 17 heavy (non-hydrogen) atoms. The highest BCUT2D eigenvalue weighted by Gasteiger charge is 2.34. The lowest BCUT2D eigenvalue weighted by Gasteiger charge is -2.23. The summed E-state index contributed by atoms with van der Waals surface area (Å²) in [5.41, 5.74) is 0. The molecule has 3 rings (SSSR count). The van der Waals surface area contributed by atoms with Crippen molar-refractivity contribution >= 4 is 11.8 Å². The first-order valence-electron chi connectivity index (χ1n) is 6.70. The van der Waals surface area contributed by atoms with Gasteiger partial charge >= 0.3 is 0 Å². The van der Waals surface area contributed by atoms with Crippen LogP contribution in [0.15, 0.2) is 12.3 Å². The second-order valence-electron chi connectivity index (χ2n) is 5.10. The van der Waals surface area contributed by atoms with E-state index in [1.807, 2.05) is 12.3 Å². The number of rotatable bonds is 6. The van der Waals surface area contributed by atoms with E-state index < -0.39 is 0 Å². The van der Waals surface area contributed by atoms with Crippen LogP contribution in [0.25, 0.3) is 0 Å². The second kappa shape index (κ2) is 4.51. The minimum atomic E-state index is 0.736. The van der Waals surface area contributed by atoms with Crippen LogP contribution in [0.4, 0.5) is 11.8 Å². The van der Waals surface area contributed by atoms with Crippen LogP contribution in [0.2, 0.25) is 0 Å². The Bertz CT molecular complexity index is 385. The number of anilines is 2. The van der Waals surface area contributed by atoms with Gasteiger partial charge in [0, 0.05) is 25.3 Å². The summed E-state index contributed by atoms with van der Waals surface area (Å²) in [6.45, 7) is 4.13. The Kier molecular flexibility index (Phi) is 2.87. The molecule has 2 fully saturated rings. The lowest BCUT2D eigenvalue weighted by Crippen LogP contribution is -2.29. The Morgan fingerprint density at radius 1 is 1.35 bits per heavy atom. The van der Waals surface area contributed by atoms with Gasteiger partial charge in [-0.15, -0.1) is 0 Å². The minimum Gasteiger partial charge on any atom is -0.354 e. The third kappa shape index (κ3) is 2.68. The van der Waals surface area contributed by atoms with E-state index in [-0.39, 0.29) is 0 Å². The second-order valence-corrected chi connectivity index (χ2v) is 5.10. The topological polar surface area (TPSA) is 41.1 Å². The minimum absolute atomic E-state index is 0.736. The number of hydrogen-bond acceptors (Lipinski definition) is 4. The van der Waals surface area contributed by atoms with Gasteiger partial charge < -0.3 is 10.2 Å². The van der Waals surface area contributed by atoms with Crippen molar-refractivity contribution in [3.8, 4) is 0 Å². The lowest BCUT2D eigenvalue weighted by atomic mass is 10.3. The van der Waals surface area contributed by atoms with E-state index in [1.54, 1.807) is 0 Å². The molecule has 2 aliphatic carbocycles. The van der Waals surface area contributed by atoms with Crippen molar-refractivity contribution in [3.63, 3.8) is 0 Å². The van der Waals surface area contributed by atoms with Crippen LogP contribution in [0.1, 0.15) is 32.6 Å². The average molecular weight is 232 g/mol. The maximum absolute atomic E-state index is 4.61. The highest BCUT2D eigenvalue weighted by molar-refractivity contribution is 5.45. The molecule has 4 heteroatoms. The molecule has 0 spiro atoms. The van der Waals surface area contributed by atoms with Crippen molar-refractivity contribution < 1.29 is 0 Å². The number of aromatic nitrogens is 2. The molecule has 0 unspecified atom stereocenters. The van der Waals surface area contributed by atoms with Gasteiger partial charge in [-0.3, -0.25) is 0 Å². The smallest absolute Gasteiger partial charge is 0.224 e. The predicted molar refractivity (Wildman–Crippen MR) is 69.3 cm³/mol. The summed E-state index contributed by atoms with van der Waals surface area (Å²) in [6, 6.07) is 2.78. The molecule has 2 saturated carbocycles. The number of nitrogens with zero attached hydrogens (tertiary/aromatic N) is 3. The van der Waals surface area contributed by atoms with E-state index in [0.29, 0.717) is 0 Å². The van der Waals surface area contributed by atoms with Gasteiger partial charge in [0.2, 0.25) is 5.95 Å². The van der Waals surface area contributed by atoms with Gasteiger partial charge in [-0.2, -0.15) is 4.98 Å². The van der Waals surface area contributed by atoms with E-state index in [1.165, 1.54) is 32.2 Å². The molecule has 0 saturated heterocycles. The van der Waals surface area contributed by atoms with E-state index in [0.717, 1.165) is 30.3 Å². The summed E-state index contributed by atoms with van der Waals surface area (Å²) in [4.78, 5) is 11.3. The highest BCUT2D eigenvalue weighted by Crippen LogP contribution is 2.37. The Hall–Kier alpha value is -1.32. The van der Waals surface area contributed by atoms with Gasteiger partial charge in [0.25, 0.3) is 0 Å². The van der Waals surface area contributed by atoms with Crippen LogP contribution in [0.5, 0.6) is 0 Å². The van der Waals surface area contributed by atoms with Crippen LogP contribution in [-0.4, -0.2) is 29.1 Å². The van der Waals surface area contributed by atoms with Crippen LogP contribution in [-0.2, 0) is 0 Å². The zero-order chi connectivity index (χ0) is 11.7. The van der Waals surface area contributed by atoms with Gasteiger partial charge in [-0.1, -0.05) is 0 Å². The molecule has 1 heterocycles. The Balaban J connectivity index is 1.76. The molecule has 1 aromatic heterocycles. The van der Waals surface area contributed by atoms with Gasteiger partial charge in [-0.25, -0.2) is 4.98 Å². The quantitative estimate of drug-likeness (QED) is 0.817. The molecule has 1 aromatic rings. The summed E-state index contributed by atoms with van der Waals surface area (Å²) in [5.74, 6) is 2.77. The summed E-state index contributed by atoms with van der Waals surface area (Å²) in [7, 11) is 0. The Morgan fingerprint density at radius 2 is 2.18 bits per heavy atom. The third-order valence-electron chi connectivity index (χ3n) is 3.41. The molecule has 1 N–H and O–H groups in total. The Labute approximate surface area is 102 Å². The van der Waals surface area contributed by atoms with E-state index in [2.05, 4.69) is 27.1 Å².